The zero-order chi connectivity index (χ0) is 11.4. The molecule has 0 aliphatic heterocycles. The number of aliphatic hydroxyl groups is 1. The molecule has 0 aliphatic rings. The average Bonchev–Trinajstić information content (AvgIpc) is 2.27. The summed E-state index contributed by atoms with van der Waals surface area (Å²) in [5.41, 5.74) is 0.797. The average molecular weight is 210 g/mol. The minimum atomic E-state index is -1.04. The Bertz CT molecular complexity index is 337. The van der Waals surface area contributed by atoms with Gasteiger partial charge in [-0.15, -0.1) is 0 Å². The Balaban J connectivity index is 2.84. The number of carbonyl (C=O) groups is 1. The third-order valence-corrected chi connectivity index (χ3v) is 2.30. The van der Waals surface area contributed by atoms with Gasteiger partial charge in [-0.3, -0.25) is 0 Å². The molecule has 1 aromatic rings. The van der Waals surface area contributed by atoms with Crippen molar-refractivity contribution < 1.29 is 15.0 Å². The number of likely N-dealkylation sites (N-methyl/N-ethyl adjacent to an activating group) is 1. The van der Waals surface area contributed by atoms with Gasteiger partial charge in [0.05, 0.1) is 18.5 Å². The molecule has 0 amide bonds. The van der Waals surface area contributed by atoms with Gasteiger partial charge in [-0.05, 0) is 19.1 Å². The predicted molar refractivity (Wildman–Crippen MR) is 56.1 cm³/mol. The van der Waals surface area contributed by atoms with Crippen molar-refractivity contribution in [1.29, 1.82) is 0 Å². The van der Waals surface area contributed by atoms with E-state index in [0.717, 1.165) is 5.69 Å². The van der Waals surface area contributed by atoms with Crippen molar-refractivity contribution >= 4 is 11.7 Å². The molecule has 2 N–H and O–H groups in total. The summed E-state index contributed by atoms with van der Waals surface area (Å²) >= 11 is 0. The van der Waals surface area contributed by atoms with Crippen molar-refractivity contribution in [3.05, 3.63) is 24.0 Å². The topological polar surface area (TPSA) is 73.7 Å². The number of hydrogen-bond acceptors (Lipinski definition) is 4. The number of hydrogen-bond donors (Lipinski definition) is 2. The van der Waals surface area contributed by atoms with Crippen LogP contribution in [0, 0.1) is 0 Å². The molecule has 0 saturated carbocycles. The van der Waals surface area contributed by atoms with Crippen LogP contribution in [-0.4, -0.2) is 40.9 Å². The van der Waals surface area contributed by atoms with Gasteiger partial charge < -0.3 is 15.1 Å². The summed E-state index contributed by atoms with van der Waals surface area (Å²) in [6, 6.07) is 3.09. The lowest BCUT2D eigenvalue weighted by Gasteiger charge is -2.24. The van der Waals surface area contributed by atoms with E-state index in [4.69, 9.17) is 10.2 Å². The number of nitrogens with zero attached hydrogens (tertiary/aromatic N) is 2. The standard InChI is InChI=1S/C10H14N2O3/c1-7(6-13)12(2)8-3-4-9(10(14)15)11-5-8/h3-5,7,13H,6H2,1-2H3,(H,14,15). The zero-order valence-corrected chi connectivity index (χ0v) is 8.71. The van der Waals surface area contributed by atoms with E-state index in [1.807, 2.05) is 18.9 Å². The van der Waals surface area contributed by atoms with Crippen molar-refractivity contribution in [2.45, 2.75) is 13.0 Å². The van der Waals surface area contributed by atoms with Crippen LogP contribution in [0.1, 0.15) is 17.4 Å². The summed E-state index contributed by atoms with van der Waals surface area (Å²) in [5, 5.41) is 17.6. The molecule has 1 atom stereocenters. The first-order valence-electron chi connectivity index (χ1n) is 4.59. The summed E-state index contributed by atoms with van der Waals surface area (Å²) in [6.07, 6.45) is 1.48. The maximum Gasteiger partial charge on any atom is 0.354 e. The van der Waals surface area contributed by atoms with Crippen LogP contribution >= 0.6 is 0 Å². The first kappa shape index (κ1) is 11.5. The highest BCUT2D eigenvalue weighted by atomic mass is 16.4. The number of carboxylic acids is 1. The third kappa shape index (κ3) is 2.66. The summed E-state index contributed by atoms with van der Waals surface area (Å²) < 4.78 is 0. The monoisotopic (exact) mass is 210 g/mol. The van der Waals surface area contributed by atoms with Crippen LogP contribution in [0.3, 0.4) is 0 Å². The van der Waals surface area contributed by atoms with E-state index < -0.39 is 5.97 Å². The molecule has 5 heteroatoms. The fraction of sp³-hybridized carbons (Fsp3) is 0.400. The van der Waals surface area contributed by atoms with Gasteiger partial charge in [0, 0.05) is 13.1 Å². The lowest BCUT2D eigenvalue weighted by molar-refractivity contribution is 0.0690. The van der Waals surface area contributed by atoms with Crippen LogP contribution in [-0.2, 0) is 0 Å². The van der Waals surface area contributed by atoms with E-state index in [-0.39, 0.29) is 18.3 Å². The Morgan fingerprint density at radius 3 is 2.67 bits per heavy atom. The molecule has 0 saturated heterocycles. The number of aromatic carboxylic acids is 1. The van der Waals surface area contributed by atoms with Crippen molar-refractivity contribution in [3.63, 3.8) is 0 Å². The SMILES string of the molecule is CC(CO)N(C)c1ccc(C(=O)O)nc1. The molecule has 5 nitrogen and oxygen atoms in total. The van der Waals surface area contributed by atoms with E-state index in [2.05, 4.69) is 4.98 Å². The minimum absolute atomic E-state index is 0.0174. The third-order valence-electron chi connectivity index (χ3n) is 2.30. The number of carboxylic acid groups (broad SMARTS) is 1. The van der Waals surface area contributed by atoms with Crippen LogP contribution in [0.2, 0.25) is 0 Å². The van der Waals surface area contributed by atoms with E-state index in [9.17, 15) is 4.79 Å². The maximum atomic E-state index is 10.6. The van der Waals surface area contributed by atoms with Crippen LogP contribution in [0.4, 0.5) is 5.69 Å². The van der Waals surface area contributed by atoms with E-state index in [0.29, 0.717) is 0 Å². The van der Waals surface area contributed by atoms with Crippen LogP contribution in [0.15, 0.2) is 18.3 Å². The molecule has 82 valence electrons. The van der Waals surface area contributed by atoms with Crippen molar-refractivity contribution in [1.82, 2.24) is 4.98 Å². The van der Waals surface area contributed by atoms with Gasteiger partial charge in [0.15, 0.2) is 0 Å². The first-order valence-corrected chi connectivity index (χ1v) is 4.59. The normalized spacial score (nSPS) is 12.2. The first-order chi connectivity index (χ1) is 7.06. The van der Waals surface area contributed by atoms with Crippen LogP contribution < -0.4 is 4.90 Å². The van der Waals surface area contributed by atoms with Gasteiger partial charge in [0.1, 0.15) is 5.69 Å². The smallest absolute Gasteiger partial charge is 0.354 e. The predicted octanol–water partition coefficient (Wildman–Crippen LogP) is 0.597. The van der Waals surface area contributed by atoms with E-state index in [1.54, 1.807) is 6.07 Å². The molecule has 1 rings (SSSR count). The second-order valence-corrected chi connectivity index (χ2v) is 3.35. The van der Waals surface area contributed by atoms with Crippen molar-refractivity contribution in [2.24, 2.45) is 0 Å². The lowest BCUT2D eigenvalue weighted by atomic mass is 10.2. The van der Waals surface area contributed by atoms with Gasteiger partial charge in [-0.1, -0.05) is 0 Å². The molecule has 0 bridgehead atoms. The van der Waals surface area contributed by atoms with Gasteiger partial charge in [0.25, 0.3) is 0 Å². The molecule has 0 aliphatic carbocycles. The fourth-order valence-corrected chi connectivity index (χ4v) is 1.10. The Labute approximate surface area is 88.0 Å². The molecule has 0 radical (unpaired) electrons. The second kappa shape index (κ2) is 4.75. The summed E-state index contributed by atoms with van der Waals surface area (Å²) in [5.74, 6) is -1.04. The molecule has 1 aromatic heterocycles. The highest BCUT2D eigenvalue weighted by Gasteiger charge is 2.10. The highest BCUT2D eigenvalue weighted by Crippen LogP contribution is 2.13. The summed E-state index contributed by atoms with van der Waals surface area (Å²) in [6.45, 7) is 1.91. The number of rotatable bonds is 4. The molecule has 1 heterocycles. The van der Waals surface area contributed by atoms with Crippen LogP contribution in [0.5, 0.6) is 0 Å². The quantitative estimate of drug-likeness (QED) is 0.761. The molecule has 0 spiro atoms. The van der Waals surface area contributed by atoms with Crippen molar-refractivity contribution in [2.75, 3.05) is 18.6 Å². The van der Waals surface area contributed by atoms with Gasteiger partial charge in [-0.2, -0.15) is 0 Å². The number of aliphatic hydroxyl groups excluding tert-OH is 1. The Morgan fingerprint density at radius 1 is 1.60 bits per heavy atom. The zero-order valence-electron chi connectivity index (χ0n) is 8.71. The molecular weight excluding hydrogens is 196 g/mol. The van der Waals surface area contributed by atoms with Crippen LogP contribution in [0.25, 0.3) is 0 Å². The lowest BCUT2D eigenvalue weighted by Crippen LogP contribution is -2.31. The Morgan fingerprint density at radius 2 is 2.27 bits per heavy atom. The molecule has 1 unspecified atom stereocenters. The number of aromatic nitrogens is 1. The Kier molecular flexibility index (Phi) is 3.62. The molecule has 0 aromatic carbocycles. The minimum Gasteiger partial charge on any atom is -0.477 e. The van der Waals surface area contributed by atoms with Gasteiger partial charge >= 0.3 is 5.97 Å². The van der Waals surface area contributed by atoms with Gasteiger partial charge in [-0.25, -0.2) is 9.78 Å². The van der Waals surface area contributed by atoms with E-state index in [1.165, 1.54) is 12.3 Å². The largest absolute Gasteiger partial charge is 0.477 e. The highest BCUT2D eigenvalue weighted by molar-refractivity contribution is 5.85. The second-order valence-electron chi connectivity index (χ2n) is 3.35. The summed E-state index contributed by atoms with van der Waals surface area (Å²) in [7, 11) is 1.82. The Hall–Kier alpha value is -1.62. The summed E-state index contributed by atoms with van der Waals surface area (Å²) in [4.78, 5) is 16.2. The molecular formula is C10H14N2O3. The molecule has 15 heavy (non-hydrogen) atoms. The number of anilines is 1. The van der Waals surface area contributed by atoms with Gasteiger partial charge in [0.2, 0.25) is 0 Å². The maximum absolute atomic E-state index is 10.6. The molecule has 0 fully saturated rings. The van der Waals surface area contributed by atoms with E-state index >= 15 is 0 Å². The number of pyridine rings is 1. The van der Waals surface area contributed by atoms with Crippen molar-refractivity contribution in [3.8, 4) is 0 Å². The fourth-order valence-electron chi connectivity index (χ4n) is 1.10.